The van der Waals surface area contributed by atoms with Gasteiger partial charge in [0, 0.05) is 5.69 Å². The van der Waals surface area contributed by atoms with Gasteiger partial charge in [0.2, 0.25) is 5.91 Å². The van der Waals surface area contributed by atoms with Gasteiger partial charge in [-0.25, -0.2) is 4.98 Å². The predicted octanol–water partition coefficient (Wildman–Crippen LogP) is 4.04. The van der Waals surface area contributed by atoms with Crippen LogP contribution in [0.3, 0.4) is 0 Å². The van der Waals surface area contributed by atoms with Crippen molar-refractivity contribution in [2.24, 2.45) is 0 Å². The van der Waals surface area contributed by atoms with Crippen molar-refractivity contribution in [2.45, 2.75) is 19.8 Å². The summed E-state index contributed by atoms with van der Waals surface area (Å²) >= 11 is 1.57. The van der Waals surface area contributed by atoms with Gasteiger partial charge in [-0.2, -0.15) is 0 Å². The highest BCUT2D eigenvalue weighted by atomic mass is 32.1. The molecule has 0 saturated heterocycles. The van der Waals surface area contributed by atoms with Crippen molar-refractivity contribution in [1.29, 1.82) is 0 Å². The molecule has 3 rings (SSSR count). The zero-order valence-electron chi connectivity index (χ0n) is 11.8. The SMILES string of the molecule is CCc1ccc(CC(=O)Nc2ccc3ncsc3c2)cc1. The lowest BCUT2D eigenvalue weighted by Gasteiger charge is -2.06. The first-order valence-corrected chi connectivity index (χ1v) is 7.83. The minimum Gasteiger partial charge on any atom is -0.326 e. The fourth-order valence-electron chi connectivity index (χ4n) is 2.22. The number of benzene rings is 2. The fraction of sp³-hybridized carbons (Fsp3) is 0.176. The van der Waals surface area contributed by atoms with Crippen LogP contribution in [0, 0.1) is 0 Å². The molecule has 4 heteroatoms. The number of nitrogens with zero attached hydrogens (tertiary/aromatic N) is 1. The van der Waals surface area contributed by atoms with E-state index in [0.29, 0.717) is 6.42 Å². The summed E-state index contributed by atoms with van der Waals surface area (Å²) in [5.74, 6) is 0.00288. The molecule has 1 amide bonds. The Balaban J connectivity index is 1.67. The van der Waals surface area contributed by atoms with E-state index in [1.54, 1.807) is 11.3 Å². The average molecular weight is 296 g/mol. The third-order valence-corrected chi connectivity index (χ3v) is 4.20. The molecule has 3 aromatic rings. The average Bonchev–Trinajstić information content (AvgIpc) is 2.95. The van der Waals surface area contributed by atoms with Crippen LogP contribution in [-0.2, 0) is 17.6 Å². The molecule has 0 aliphatic carbocycles. The van der Waals surface area contributed by atoms with E-state index in [1.807, 2.05) is 35.8 Å². The van der Waals surface area contributed by atoms with Crippen molar-refractivity contribution in [2.75, 3.05) is 5.32 Å². The quantitative estimate of drug-likeness (QED) is 0.789. The molecule has 1 aromatic heterocycles. The number of rotatable bonds is 4. The van der Waals surface area contributed by atoms with Crippen molar-refractivity contribution in [3.63, 3.8) is 0 Å². The van der Waals surface area contributed by atoms with Gasteiger partial charge >= 0.3 is 0 Å². The standard InChI is InChI=1S/C17H16N2OS/c1-2-12-3-5-13(6-4-12)9-17(20)19-14-7-8-15-16(10-14)21-11-18-15/h3-8,10-11H,2,9H2,1H3,(H,19,20). The number of hydrogen-bond acceptors (Lipinski definition) is 3. The van der Waals surface area contributed by atoms with Crippen LogP contribution in [0.4, 0.5) is 5.69 Å². The lowest BCUT2D eigenvalue weighted by Crippen LogP contribution is -2.14. The Morgan fingerprint density at radius 2 is 1.90 bits per heavy atom. The summed E-state index contributed by atoms with van der Waals surface area (Å²) in [5, 5.41) is 2.94. The van der Waals surface area contributed by atoms with Gasteiger partial charge in [0.25, 0.3) is 0 Å². The Morgan fingerprint density at radius 1 is 1.14 bits per heavy atom. The van der Waals surface area contributed by atoms with Gasteiger partial charge < -0.3 is 5.32 Å². The molecule has 106 valence electrons. The molecule has 21 heavy (non-hydrogen) atoms. The van der Waals surface area contributed by atoms with E-state index in [2.05, 4.69) is 29.4 Å². The number of fused-ring (bicyclic) bond motifs is 1. The number of aromatic nitrogens is 1. The molecule has 0 unspecified atom stereocenters. The molecule has 0 fully saturated rings. The first-order chi connectivity index (χ1) is 10.2. The van der Waals surface area contributed by atoms with E-state index >= 15 is 0 Å². The lowest BCUT2D eigenvalue weighted by atomic mass is 10.1. The predicted molar refractivity (Wildman–Crippen MR) is 87.8 cm³/mol. The van der Waals surface area contributed by atoms with Crippen molar-refractivity contribution in [3.8, 4) is 0 Å². The zero-order chi connectivity index (χ0) is 14.7. The molecule has 0 atom stereocenters. The number of nitrogens with one attached hydrogen (secondary N) is 1. The van der Waals surface area contributed by atoms with Crippen molar-refractivity contribution in [1.82, 2.24) is 4.98 Å². The number of amides is 1. The maximum absolute atomic E-state index is 12.1. The van der Waals surface area contributed by atoms with E-state index in [0.717, 1.165) is 27.9 Å². The summed E-state index contributed by atoms with van der Waals surface area (Å²) in [6, 6.07) is 14.0. The minimum absolute atomic E-state index is 0.00288. The maximum Gasteiger partial charge on any atom is 0.228 e. The highest BCUT2D eigenvalue weighted by Gasteiger charge is 2.05. The van der Waals surface area contributed by atoms with Gasteiger partial charge in [0.05, 0.1) is 22.1 Å². The molecular formula is C17H16N2OS. The first-order valence-electron chi connectivity index (χ1n) is 6.95. The van der Waals surface area contributed by atoms with Gasteiger partial charge in [-0.1, -0.05) is 31.2 Å². The van der Waals surface area contributed by atoms with Crippen molar-refractivity contribution < 1.29 is 4.79 Å². The number of hydrogen-bond donors (Lipinski definition) is 1. The summed E-state index contributed by atoms with van der Waals surface area (Å²) in [5.41, 5.74) is 5.92. The van der Waals surface area contributed by atoms with Crippen LogP contribution in [0.1, 0.15) is 18.1 Å². The Hall–Kier alpha value is -2.20. The van der Waals surface area contributed by atoms with Gasteiger partial charge in [0.1, 0.15) is 0 Å². The maximum atomic E-state index is 12.1. The van der Waals surface area contributed by atoms with E-state index in [9.17, 15) is 4.79 Å². The monoisotopic (exact) mass is 296 g/mol. The van der Waals surface area contributed by atoms with Gasteiger partial charge in [-0.3, -0.25) is 4.79 Å². The number of aryl methyl sites for hydroxylation is 1. The van der Waals surface area contributed by atoms with Crippen LogP contribution in [0.5, 0.6) is 0 Å². The molecule has 0 aliphatic heterocycles. The fourth-order valence-corrected chi connectivity index (χ4v) is 2.93. The van der Waals surface area contributed by atoms with Crippen LogP contribution in [0.2, 0.25) is 0 Å². The second-order valence-corrected chi connectivity index (χ2v) is 5.82. The Kier molecular flexibility index (Phi) is 3.97. The molecular weight excluding hydrogens is 280 g/mol. The molecule has 0 bridgehead atoms. The Bertz CT molecular complexity index is 762. The summed E-state index contributed by atoms with van der Waals surface area (Å²) in [6.07, 6.45) is 1.41. The van der Waals surface area contributed by atoms with Crippen LogP contribution in [-0.4, -0.2) is 10.9 Å². The van der Waals surface area contributed by atoms with Gasteiger partial charge in [-0.05, 0) is 35.7 Å². The Morgan fingerprint density at radius 3 is 2.67 bits per heavy atom. The summed E-state index contributed by atoms with van der Waals surface area (Å²) in [7, 11) is 0. The number of carbonyl (C=O) groups is 1. The van der Waals surface area contributed by atoms with Crippen LogP contribution >= 0.6 is 11.3 Å². The molecule has 0 radical (unpaired) electrons. The highest BCUT2D eigenvalue weighted by molar-refractivity contribution is 7.16. The first kappa shape index (κ1) is 13.8. The van der Waals surface area contributed by atoms with Crippen molar-refractivity contribution in [3.05, 3.63) is 59.1 Å². The van der Waals surface area contributed by atoms with Crippen LogP contribution < -0.4 is 5.32 Å². The van der Waals surface area contributed by atoms with Gasteiger partial charge in [0.15, 0.2) is 0 Å². The van der Waals surface area contributed by atoms with Crippen LogP contribution in [0.25, 0.3) is 10.2 Å². The third kappa shape index (κ3) is 3.28. The largest absolute Gasteiger partial charge is 0.326 e. The Labute approximate surface area is 127 Å². The molecule has 0 saturated carbocycles. The molecule has 0 spiro atoms. The van der Waals surface area contributed by atoms with Crippen molar-refractivity contribution >= 4 is 33.1 Å². The lowest BCUT2D eigenvalue weighted by molar-refractivity contribution is -0.115. The van der Waals surface area contributed by atoms with E-state index < -0.39 is 0 Å². The highest BCUT2D eigenvalue weighted by Crippen LogP contribution is 2.21. The van der Waals surface area contributed by atoms with Crippen LogP contribution in [0.15, 0.2) is 48.0 Å². The van der Waals surface area contributed by atoms with Gasteiger partial charge in [-0.15, -0.1) is 11.3 Å². The summed E-state index contributed by atoms with van der Waals surface area (Å²) in [4.78, 5) is 16.3. The molecule has 1 N–H and O–H groups in total. The van der Waals surface area contributed by atoms with E-state index in [4.69, 9.17) is 0 Å². The number of carbonyl (C=O) groups excluding carboxylic acids is 1. The number of thiazole rings is 1. The number of anilines is 1. The smallest absolute Gasteiger partial charge is 0.228 e. The normalized spacial score (nSPS) is 10.7. The minimum atomic E-state index is 0.00288. The van der Waals surface area contributed by atoms with E-state index in [-0.39, 0.29) is 5.91 Å². The third-order valence-electron chi connectivity index (χ3n) is 3.41. The second kappa shape index (κ2) is 6.06. The zero-order valence-corrected chi connectivity index (χ0v) is 12.6. The summed E-state index contributed by atoms with van der Waals surface area (Å²) in [6.45, 7) is 2.12. The topological polar surface area (TPSA) is 42.0 Å². The molecule has 3 nitrogen and oxygen atoms in total. The molecule has 2 aromatic carbocycles. The molecule has 0 aliphatic rings. The van der Waals surface area contributed by atoms with E-state index in [1.165, 1.54) is 5.56 Å². The second-order valence-electron chi connectivity index (χ2n) is 4.93. The molecule has 1 heterocycles. The summed E-state index contributed by atoms with van der Waals surface area (Å²) < 4.78 is 1.08.